The van der Waals surface area contributed by atoms with Crippen LogP contribution in [-0.4, -0.2) is 52.9 Å². The second-order valence-corrected chi connectivity index (χ2v) is 11.3. The summed E-state index contributed by atoms with van der Waals surface area (Å²) in [5.41, 5.74) is 2.32. The second kappa shape index (κ2) is 17.3. The summed E-state index contributed by atoms with van der Waals surface area (Å²) in [4.78, 5) is 25.2. The number of esters is 2. The van der Waals surface area contributed by atoms with Gasteiger partial charge in [-0.3, -0.25) is 9.59 Å². The standard InChI is InChI=1S/C29H41N3O6S/c1-4-37-28(33)12-8-6-10-22-32(3)26-18-14-24(15-19-26)30-31-25-16-20-27(21-17-25)39(35,36)23-11-7-9-13-29(34)38-5-2/h14-21H,4-13,22-23H2,1-3H3. The van der Waals surface area contributed by atoms with Gasteiger partial charge in [-0.15, -0.1) is 0 Å². The fourth-order valence-corrected chi connectivity index (χ4v) is 5.23. The van der Waals surface area contributed by atoms with E-state index in [1.807, 2.05) is 38.2 Å². The van der Waals surface area contributed by atoms with Gasteiger partial charge in [0.25, 0.3) is 0 Å². The molecule has 9 nitrogen and oxygen atoms in total. The zero-order valence-electron chi connectivity index (χ0n) is 23.3. The van der Waals surface area contributed by atoms with E-state index in [4.69, 9.17) is 9.47 Å². The van der Waals surface area contributed by atoms with Gasteiger partial charge in [0.2, 0.25) is 0 Å². The molecule has 2 rings (SSSR count). The fraction of sp³-hybridized carbons (Fsp3) is 0.517. The minimum atomic E-state index is -3.40. The lowest BCUT2D eigenvalue weighted by atomic mass is 10.2. The van der Waals surface area contributed by atoms with Gasteiger partial charge in [-0.1, -0.05) is 12.8 Å². The van der Waals surface area contributed by atoms with E-state index >= 15 is 0 Å². The van der Waals surface area contributed by atoms with Gasteiger partial charge in [-0.2, -0.15) is 10.2 Å². The van der Waals surface area contributed by atoms with Crippen LogP contribution in [0, 0.1) is 0 Å². The van der Waals surface area contributed by atoms with Crippen LogP contribution in [0.1, 0.15) is 65.2 Å². The number of hydrogen-bond acceptors (Lipinski definition) is 9. The highest BCUT2D eigenvalue weighted by molar-refractivity contribution is 7.91. The maximum absolute atomic E-state index is 12.6. The zero-order valence-corrected chi connectivity index (χ0v) is 24.1. The molecule has 10 heteroatoms. The van der Waals surface area contributed by atoms with Crippen LogP contribution in [0.4, 0.5) is 17.1 Å². The third kappa shape index (κ3) is 12.4. The largest absolute Gasteiger partial charge is 0.466 e. The van der Waals surface area contributed by atoms with Gasteiger partial charge in [0, 0.05) is 32.1 Å². The fourth-order valence-electron chi connectivity index (χ4n) is 3.86. The lowest BCUT2D eigenvalue weighted by Gasteiger charge is -2.19. The van der Waals surface area contributed by atoms with Crippen molar-refractivity contribution in [1.82, 2.24) is 0 Å². The number of carbonyl (C=O) groups excluding carboxylic acids is 2. The van der Waals surface area contributed by atoms with Crippen LogP contribution in [0.2, 0.25) is 0 Å². The molecule has 0 aliphatic rings. The number of unbranched alkanes of at least 4 members (excludes halogenated alkanes) is 4. The van der Waals surface area contributed by atoms with Crippen molar-refractivity contribution < 1.29 is 27.5 Å². The van der Waals surface area contributed by atoms with Gasteiger partial charge in [0.15, 0.2) is 9.84 Å². The maximum Gasteiger partial charge on any atom is 0.305 e. The lowest BCUT2D eigenvalue weighted by Crippen LogP contribution is -2.18. The number of hydrogen-bond donors (Lipinski definition) is 0. The first-order valence-electron chi connectivity index (χ1n) is 13.6. The Balaban J connectivity index is 1.77. The van der Waals surface area contributed by atoms with Crippen LogP contribution in [0.25, 0.3) is 0 Å². The molecular formula is C29H41N3O6S. The van der Waals surface area contributed by atoms with E-state index in [1.54, 1.807) is 31.2 Å². The van der Waals surface area contributed by atoms with Crippen molar-refractivity contribution in [2.45, 2.75) is 70.1 Å². The summed E-state index contributed by atoms with van der Waals surface area (Å²) in [7, 11) is -1.37. The van der Waals surface area contributed by atoms with Crippen LogP contribution in [-0.2, 0) is 28.9 Å². The Hall–Kier alpha value is -3.27. The van der Waals surface area contributed by atoms with Crippen molar-refractivity contribution in [2.75, 3.05) is 37.5 Å². The molecule has 0 aliphatic heterocycles. The van der Waals surface area contributed by atoms with Gasteiger partial charge in [0.05, 0.1) is 35.2 Å². The highest BCUT2D eigenvalue weighted by Gasteiger charge is 2.14. The van der Waals surface area contributed by atoms with E-state index in [0.29, 0.717) is 56.7 Å². The monoisotopic (exact) mass is 559 g/mol. The predicted octanol–water partition coefficient (Wildman–Crippen LogP) is 6.56. The first kappa shape index (κ1) is 31.9. The number of rotatable bonds is 18. The van der Waals surface area contributed by atoms with E-state index in [9.17, 15) is 18.0 Å². The van der Waals surface area contributed by atoms with Gasteiger partial charge >= 0.3 is 11.9 Å². The van der Waals surface area contributed by atoms with Crippen LogP contribution in [0.15, 0.2) is 63.7 Å². The van der Waals surface area contributed by atoms with Crippen LogP contribution < -0.4 is 4.90 Å². The summed E-state index contributed by atoms with van der Waals surface area (Å²) in [6.45, 7) is 5.24. The molecule has 214 valence electrons. The number of anilines is 1. The summed E-state index contributed by atoms with van der Waals surface area (Å²) >= 11 is 0. The summed E-state index contributed by atoms with van der Waals surface area (Å²) in [6, 6.07) is 14.1. The van der Waals surface area contributed by atoms with Crippen molar-refractivity contribution in [2.24, 2.45) is 10.2 Å². The molecule has 0 bridgehead atoms. The summed E-state index contributed by atoms with van der Waals surface area (Å²) in [6.07, 6.45) is 5.31. The Morgan fingerprint density at radius 2 is 1.21 bits per heavy atom. The minimum absolute atomic E-state index is 0.0328. The molecule has 0 atom stereocenters. The van der Waals surface area contributed by atoms with Crippen LogP contribution >= 0.6 is 0 Å². The molecule has 0 aromatic heterocycles. The predicted molar refractivity (Wildman–Crippen MR) is 153 cm³/mol. The smallest absolute Gasteiger partial charge is 0.305 e. The number of nitrogens with zero attached hydrogens (tertiary/aromatic N) is 3. The Morgan fingerprint density at radius 1 is 0.718 bits per heavy atom. The van der Waals surface area contributed by atoms with Crippen molar-refractivity contribution in [3.63, 3.8) is 0 Å². The lowest BCUT2D eigenvalue weighted by molar-refractivity contribution is -0.144. The number of ether oxygens (including phenoxy) is 2. The van der Waals surface area contributed by atoms with Gasteiger partial charge in [-0.05, 0) is 88.1 Å². The van der Waals surface area contributed by atoms with Crippen molar-refractivity contribution in [3.8, 4) is 0 Å². The topological polar surface area (TPSA) is 115 Å². The van der Waals surface area contributed by atoms with E-state index in [2.05, 4.69) is 15.1 Å². The number of azo groups is 1. The third-order valence-corrected chi connectivity index (χ3v) is 7.86. The molecular weight excluding hydrogens is 518 g/mol. The Bertz CT molecular complexity index is 1150. The minimum Gasteiger partial charge on any atom is -0.466 e. The Kier molecular flexibility index (Phi) is 14.2. The molecule has 0 aliphatic carbocycles. The van der Waals surface area contributed by atoms with Gasteiger partial charge in [-0.25, -0.2) is 8.42 Å². The first-order valence-corrected chi connectivity index (χ1v) is 15.3. The average Bonchev–Trinajstić information content (AvgIpc) is 2.92. The molecule has 0 unspecified atom stereocenters. The van der Waals surface area contributed by atoms with E-state index in [0.717, 1.165) is 31.5 Å². The van der Waals surface area contributed by atoms with Gasteiger partial charge in [0.1, 0.15) is 0 Å². The van der Waals surface area contributed by atoms with Crippen LogP contribution in [0.3, 0.4) is 0 Å². The van der Waals surface area contributed by atoms with E-state index in [-0.39, 0.29) is 22.6 Å². The molecule has 0 amide bonds. The molecule has 2 aromatic carbocycles. The van der Waals surface area contributed by atoms with Crippen molar-refractivity contribution in [1.29, 1.82) is 0 Å². The first-order chi connectivity index (χ1) is 18.7. The molecule has 0 radical (unpaired) electrons. The molecule has 0 saturated carbocycles. The molecule has 0 saturated heterocycles. The van der Waals surface area contributed by atoms with Gasteiger partial charge < -0.3 is 14.4 Å². The summed E-state index contributed by atoms with van der Waals surface area (Å²) < 4.78 is 35.0. The molecule has 0 spiro atoms. The highest BCUT2D eigenvalue weighted by Crippen LogP contribution is 2.24. The summed E-state index contributed by atoms with van der Waals surface area (Å²) in [5, 5.41) is 8.48. The van der Waals surface area contributed by atoms with Crippen molar-refractivity contribution in [3.05, 3.63) is 48.5 Å². The molecule has 39 heavy (non-hydrogen) atoms. The quantitative estimate of drug-likeness (QED) is 0.115. The number of carbonyl (C=O) groups is 2. The average molecular weight is 560 g/mol. The highest BCUT2D eigenvalue weighted by atomic mass is 32.2. The molecule has 0 fully saturated rings. The SMILES string of the molecule is CCOC(=O)CCCCCN(C)c1ccc(N=Nc2ccc(S(=O)(=O)CCCCCC(=O)OCC)cc2)cc1. The zero-order chi connectivity index (χ0) is 28.5. The number of sulfone groups is 1. The van der Waals surface area contributed by atoms with E-state index < -0.39 is 9.84 Å². The summed E-state index contributed by atoms with van der Waals surface area (Å²) in [5.74, 6) is -0.345. The molecule has 0 heterocycles. The maximum atomic E-state index is 12.6. The number of benzene rings is 2. The molecule has 2 aromatic rings. The Morgan fingerprint density at radius 3 is 1.72 bits per heavy atom. The third-order valence-electron chi connectivity index (χ3n) is 6.05. The molecule has 0 N–H and O–H groups in total. The van der Waals surface area contributed by atoms with Crippen LogP contribution in [0.5, 0.6) is 0 Å². The van der Waals surface area contributed by atoms with E-state index in [1.165, 1.54) is 0 Å². The second-order valence-electron chi connectivity index (χ2n) is 9.18. The normalized spacial score (nSPS) is 11.5. The Labute approximate surface area is 232 Å². The van der Waals surface area contributed by atoms with Crippen molar-refractivity contribution >= 4 is 38.8 Å².